The van der Waals surface area contributed by atoms with Gasteiger partial charge in [0.15, 0.2) is 11.5 Å². The van der Waals surface area contributed by atoms with Crippen molar-refractivity contribution in [1.29, 1.82) is 0 Å². The highest BCUT2D eigenvalue weighted by Crippen LogP contribution is 2.38. The first-order valence-corrected chi connectivity index (χ1v) is 9.54. The maximum absolute atomic E-state index is 13.4. The fourth-order valence-corrected chi connectivity index (χ4v) is 3.65. The molecule has 1 amide bonds. The maximum Gasteiger partial charge on any atom is 0.340 e. The highest BCUT2D eigenvalue weighted by molar-refractivity contribution is 6.16. The zero-order valence-electron chi connectivity index (χ0n) is 17.8. The lowest BCUT2D eigenvalue weighted by Crippen LogP contribution is -2.28. The molecule has 0 N–H and O–H groups in total. The lowest BCUT2D eigenvalue weighted by atomic mass is 10.0. The van der Waals surface area contributed by atoms with Crippen LogP contribution in [-0.2, 0) is 14.3 Å². The quantitative estimate of drug-likeness (QED) is 0.532. The van der Waals surface area contributed by atoms with E-state index in [9.17, 15) is 9.59 Å². The second-order valence-electron chi connectivity index (χ2n) is 6.89. The Balaban J connectivity index is 2.09. The zero-order valence-corrected chi connectivity index (χ0v) is 17.8. The summed E-state index contributed by atoms with van der Waals surface area (Å²) in [7, 11) is 4.41. The number of rotatable bonds is 6. The van der Waals surface area contributed by atoms with Crippen LogP contribution in [-0.4, -0.2) is 38.1 Å². The van der Waals surface area contributed by atoms with Gasteiger partial charge in [-0.15, -0.1) is 0 Å². The average Bonchev–Trinajstić information content (AvgIpc) is 3.02. The van der Waals surface area contributed by atoms with Gasteiger partial charge in [0.25, 0.3) is 5.91 Å². The Hall–Kier alpha value is -3.54. The topological polar surface area (TPSA) is 65.1 Å². The molecule has 1 aliphatic heterocycles. The average molecular weight is 407 g/mol. The van der Waals surface area contributed by atoms with Gasteiger partial charge in [-0.2, -0.15) is 0 Å². The van der Waals surface area contributed by atoms with Gasteiger partial charge in [-0.05, 0) is 43.2 Å². The van der Waals surface area contributed by atoms with Crippen molar-refractivity contribution in [3.05, 3.63) is 76.5 Å². The molecule has 0 bridgehead atoms. The summed E-state index contributed by atoms with van der Waals surface area (Å²) in [5, 5.41) is 0. The molecule has 0 spiro atoms. The molecule has 2 aromatic rings. The van der Waals surface area contributed by atoms with Crippen LogP contribution in [0.3, 0.4) is 0 Å². The molecule has 1 heterocycles. The first-order valence-electron chi connectivity index (χ1n) is 9.54. The summed E-state index contributed by atoms with van der Waals surface area (Å²) in [5.74, 6) is 0.318. The minimum atomic E-state index is -0.546. The first kappa shape index (κ1) is 21.2. The van der Waals surface area contributed by atoms with Crippen LogP contribution >= 0.6 is 0 Å². The van der Waals surface area contributed by atoms with Gasteiger partial charge in [0, 0.05) is 5.70 Å². The van der Waals surface area contributed by atoms with Crippen molar-refractivity contribution < 1.29 is 23.8 Å². The SMILES string of the molecule is COC(=O)C1=C(C)N([C@H](C)c2ccccc2)C(=O)/C1=C\c1ccc(OC)c(OC)c1. The van der Waals surface area contributed by atoms with Gasteiger partial charge in [-0.25, -0.2) is 4.79 Å². The van der Waals surface area contributed by atoms with Crippen molar-refractivity contribution in [3.63, 3.8) is 0 Å². The molecule has 0 radical (unpaired) electrons. The number of nitrogens with zero attached hydrogens (tertiary/aromatic N) is 1. The molecule has 1 aliphatic rings. The Kier molecular flexibility index (Phi) is 6.26. The number of methoxy groups -OCH3 is 3. The van der Waals surface area contributed by atoms with Gasteiger partial charge >= 0.3 is 5.97 Å². The van der Waals surface area contributed by atoms with Crippen molar-refractivity contribution in [2.75, 3.05) is 21.3 Å². The third kappa shape index (κ3) is 3.81. The Morgan fingerprint density at radius 3 is 2.27 bits per heavy atom. The Morgan fingerprint density at radius 1 is 1.00 bits per heavy atom. The lowest BCUT2D eigenvalue weighted by molar-refractivity contribution is -0.136. The third-order valence-corrected chi connectivity index (χ3v) is 5.22. The van der Waals surface area contributed by atoms with Gasteiger partial charge in [0.2, 0.25) is 0 Å². The molecule has 1 atom stereocenters. The van der Waals surface area contributed by atoms with Crippen LogP contribution in [0.25, 0.3) is 6.08 Å². The summed E-state index contributed by atoms with van der Waals surface area (Å²) in [6.45, 7) is 3.70. The minimum absolute atomic E-state index is 0.241. The number of hydrogen-bond acceptors (Lipinski definition) is 5. The summed E-state index contributed by atoms with van der Waals surface area (Å²) in [5.41, 5.74) is 2.80. The van der Waals surface area contributed by atoms with Crippen LogP contribution in [0.5, 0.6) is 11.5 Å². The summed E-state index contributed by atoms with van der Waals surface area (Å²) in [6, 6.07) is 14.8. The third-order valence-electron chi connectivity index (χ3n) is 5.22. The van der Waals surface area contributed by atoms with Crippen LogP contribution in [0.4, 0.5) is 0 Å². The van der Waals surface area contributed by atoms with E-state index in [1.807, 2.05) is 37.3 Å². The number of ether oxygens (including phenoxy) is 3. The molecule has 0 aliphatic carbocycles. The van der Waals surface area contributed by atoms with E-state index in [0.717, 1.165) is 5.56 Å². The second-order valence-corrected chi connectivity index (χ2v) is 6.89. The molecule has 6 heteroatoms. The maximum atomic E-state index is 13.4. The monoisotopic (exact) mass is 407 g/mol. The van der Waals surface area contributed by atoms with Gasteiger partial charge < -0.3 is 19.1 Å². The number of esters is 1. The van der Waals surface area contributed by atoms with Crippen molar-refractivity contribution in [1.82, 2.24) is 4.90 Å². The summed E-state index contributed by atoms with van der Waals surface area (Å²) in [6.07, 6.45) is 1.68. The van der Waals surface area contributed by atoms with E-state index in [2.05, 4.69) is 0 Å². The number of amides is 1. The van der Waals surface area contributed by atoms with Crippen LogP contribution in [0.1, 0.15) is 31.0 Å². The highest BCUT2D eigenvalue weighted by atomic mass is 16.5. The fourth-order valence-electron chi connectivity index (χ4n) is 3.65. The summed E-state index contributed by atoms with van der Waals surface area (Å²) < 4.78 is 15.6. The van der Waals surface area contributed by atoms with E-state index in [1.165, 1.54) is 7.11 Å². The number of allylic oxidation sites excluding steroid dienone is 1. The van der Waals surface area contributed by atoms with Crippen LogP contribution in [0.15, 0.2) is 65.4 Å². The number of hydrogen-bond donors (Lipinski definition) is 0. The molecule has 156 valence electrons. The molecular weight excluding hydrogens is 382 g/mol. The van der Waals surface area contributed by atoms with E-state index in [4.69, 9.17) is 14.2 Å². The molecular formula is C24H25NO5. The molecule has 0 saturated carbocycles. The van der Waals surface area contributed by atoms with Crippen LogP contribution in [0.2, 0.25) is 0 Å². The van der Waals surface area contributed by atoms with E-state index in [-0.39, 0.29) is 23.1 Å². The Morgan fingerprint density at radius 2 is 1.67 bits per heavy atom. The van der Waals surface area contributed by atoms with E-state index < -0.39 is 5.97 Å². The molecule has 6 nitrogen and oxygen atoms in total. The van der Waals surface area contributed by atoms with Crippen molar-refractivity contribution in [3.8, 4) is 11.5 Å². The van der Waals surface area contributed by atoms with Crippen molar-refractivity contribution in [2.24, 2.45) is 0 Å². The Bertz CT molecular complexity index is 1020. The van der Waals surface area contributed by atoms with E-state index in [1.54, 1.807) is 50.3 Å². The van der Waals surface area contributed by atoms with E-state index in [0.29, 0.717) is 22.8 Å². The first-order chi connectivity index (χ1) is 14.4. The molecule has 30 heavy (non-hydrogen) atoms. The number of carbonyl (C=O) groups is 2. The molecule has 0 aromatic heterocycles. The van der Waals surface area contributed by atoms with Crippen molar-refractivity contribution in [2.45, 2.75) is 19.9 Å². The number of benzene rings is 2. The largest absolute Gasteiger partial charge is 0.493 e. The molecule has 0 fully saturated rings. The second kappa shape index (κ2) is 8.86. The fraction of sp³-hybridized carbons (Fsp3) is 0.250. The molecule has 0 saturated heterocycles. The van der Waals surface area contributed by atoms with Gasteiger partial charge in [0.1, 0.15) is 0 Å². The molecule has 3 rings (SSSR count). The Labute approximate surface area is 176 Å². The van der Waals surface area contributed by atoms with Gasteiger partial charge in [0.05, 0.1) is 38.5 Å². The molecule has 2 aromatic carbocycles. The summed E-state index contributed by atoms with van der Waals surface area (Å²) in [4.78, 5) is 27.6. The highest BCUT2D eigenvalue weighted by Gasteiger charge is 2.39. The summed E-state index contributed by atoms with van der Waals surface area (Å²) >= 11 is 0. The van der Waals surface area contributed by atoms with Gasteiger partial charge in [-0.3, -0.25) is 4.79 Å². The standard InChI is InChI=1S/C24H25NO5/c1-15(18-9-7-6-8-10-18)25-16(2)22(24(27)30-5)19(23(25)26)13-17-11-12-20(28-3)21(14-17)29-4/h6-15H,1-5H3/b19-13-/t15-/m1/s1. The predicted molar refractivity (Wildman–Crippen MR) is 114 cm³/mol. The minimum Gasteiger partial charge on any atom is -0.493 e. The van der Waals surface area contributed by atoms with E-state index >= 15 is 0 Å². The smallest absolute Gasteiger partial charge is 0.340 e. The lowest BCUT2D eigenvalue weighted by Gasteiger charge is -2.26. The number of carbonyl (C=O) groups excluding carboxylic acids is 2. The predicted octanol–water partition coefficient (Wildman–Crippen LogP) is 4.14. The van der Waals surface area contributed by atoms with Crippen LogP contribution in [0, 0.1) is 0 Å². The van der Waals surface area contributed by atoms with Crippen molar-refractivity contribution >= 4 is 18.0 Å². The van der Waals surface area contributed by atoms with Crippen LogP contribution < -0.4 is 9.47 Å². The van der Waals surface area contributed by atoms with Gasteiger partial charge in [-0.1, -0.05) is 36.4 Å². The zero-order chi connectivity index (χ0) is 21.8. The molecule has 0 unspecified atom stereocenters. The normalized spacial score (nSPS) is 16.1.